The van der Waals surface area contributed by atoms with Crippen LogP contribution in [0, 0.1) is 6.92 Å². The van der Waals surface area contributed by atoms with Crippen molar-refractivity contribution < 1.29 is 8.94 Å². The Morgan fingerprint density at radius 1 is 1.18 bits per heavy atom. The molecule has 0 amide bonds. The third-order valence-corrected chi connectivity index (χ3v) is 5.08. The van der Waals surface area contributed by atoms with Crippen molar-refractivity contribution in [3.63, 3.8) is 0 Å². The Hall–Kier alpha value is -2.74. The third-order valence-electron chi connectivity index (χ3n) is 5.08. The number of nitrogen functional groups attached to an aromatic ring is 1. The standard InChI is InChI=1S/C20H26N6O2/c1-12(2)18-24-19(28-25-18)14-6-8-26(9-7-14)11-15-4-5-17(27-15)16-10-13(3)22-20(21)23-16/h4-5,10,12,14H,6-9,11H2,1-3H3,(H2,21,22,23). The van der Waals surface area contributed by atoms with E-state index < -0.39 is 0 Å². The van der Waals surface area contributed by atoms with Gasteiger partial charge in [0.05, 0.1) is 6.54 Å². The maximum atomic E-state index is 6.00. The fourth-order valence-corrected chi connectivity index (χ4v) is 3.52. The van der Waals surface area contributed by atoms with E-state index in [0.29, 0.717) is 23.3 Å². The van der Waals surface area contributed by atoms with Crippen LogP contribution in [0.2, 0.25) is 0 Å². The summed E-state index contributed by atoms with van der Waals surface area (Å²) in [5, 5.41) is 4.09. The number of aryl methyl sites for hydroxylation is 1. The van der Waals surface area contributed by atoms with Gasteiger partial charge in [0.25, 0.3) is 0 Å². The largest absolute Gasteiger partial charge is 0.458 e. The Labute approximate surface area is 164 Å². The van der Waals surface area contributed by atoms with Crippen molar-refractivity contribution >= 4 is 5.95 Å². The third kappa shape index (κ3) is 4.06. The van der Waals surface area contributed by atoms with Crippen LogP contribution >= 0.6 is 0 Å². The average molecular weight is 382 g/mol. The summed E-state index contributed by atoms with van der Waals surface area (Å²) in [5.74, 6) is 4.10. The van der Waals surface area contributed by atoms with Gasteiger partial charge in [-0.2, -0.15) is 4.98 Å². The lowest BCUT2D eigenvalue weighted by atomic mass is 9.96. The Balaban J connectivity index is 1.35. The first-order chi connectivity index (χ1) is 13.5. The molecule has 4 rings (SSSR count). The molecule has 8 heteroatoms. The highest BCUT2D eigenvalue weighted by atomic mass is 16.5. The topological polar surface area (TPSA) is 107 Å². The van der Waals surface area contributed by atoms with E-state index >= 15 is 0 Å². The van der Waals surface area contributed by atoms with Gasteiger partial charge in [-0.1, -0.05) is 19.0 Å². The number of piperidine rings is 1. The number of nitrogens with two attached hydrogens (primary N) is 1. The minimum absolute atomic E-state index is 0.261. The van der Waals surface area contributed by atoms with Gasteiger partial charge in [-0.3, -0.25) is 4.90 Å². The average Bonchev–Trinajstić information content (AvgIpc) is 3.31. The molecule has 0 aromatic carbocycles. The van der Waals surface area contributed by atoms with E-state index in [9.17, 15) is 0 Å². The first kappa shape index (κ1) is 18.6. The van der Waals surface area contributed by atoms with Crippen molar-refractivity contribution in [1.29, 1.82) is 0 Å². The molecule has 2 N–H and O–H groups in total. The van der Waals surface area contributed by atoms with Crippen LogP contribution in [0.4, 0.5) is 5.95 Å². The van der Waals surface area contributed by atoms with Crippen molar-refractivity contribution in [2.24, 2.45) is 0 Å². The molecule has 1 aliphatic rings. The summed E-state index contributed by atoms with van der Waals surface area (Å²) in [6, 6.07) is 5.82. The zero-order valence-electron chi connectivity index (χ0n) is 16.6. The van der Waals surface area contributed by atoms with E-state index in [0.717, 1.165) is 55.6 Å². The summed E-state index contributed by atoms with van der Waals surface area (Å²) in [4.78, 5) is 15.3. The molecule has 1 fully saturated rings. The Bertz CT molecular complexity index is 920. The molecule has 0 aliphatic carbocycles. The SMILES string of the molecule is Cc1cc(-c2ccc(CN3CCC(c4nc(C(C)C)no4)CC3)o2)nc(N)n1. The van der Waals surface area contributed by atoms with Crippen LogP contribution in [0.1, 0.15) is 61.7 Å². The summed E-state index contributed by atoms with van der Waals surface area (Å²) in [6.07, 6.45) is 2.02. The number of likely N-dealkylation sites (tertiary alicyclic amines) is 1. The molecule has 1 saturated heterocycles. The van der Waals surface area contributed by atoms with Crippen LogP contribution in [-0.2, 0) is 6.54 Å². The number of nitrogens with zero attached hydrogens (tertiary/aromatic N) is 5. The second kappa shape index (κ2) is 7.71. The number of hydrogen-bond donors (Lipinski definition) is 1. The molecule has 8 nitrogen and oxygen atoms in total. The van der Waals surface area contributed by atoms with E-state index in [2.05, 4.69) is 38.9 Å². The molecule has 0 atom stereocenters. The minimum Gasteiger partial charge on any atom is -0.458 e. The van der Waals surface area contributed by atoms with Crippen molar-refractivity contribution in [2.45, 2.75) is 52.0 Å². The predicted molar refractivity (Wildman–Crippen MR) is 105 cm³/mol. The van der Waals surface area contributed by atoms with Crippen LogP contribution in [-0.4, -0.2) is 38.1 Å². The molecule has 148 valence electrons. The van der Waals surface area contributed by atoms with Gasteiger partial charge in [0, 0.05) is 17.5 Å². The summed E-state index contributed by atoms with van der Waals surface area (Å²) < 4.78 is 11.5. The van der Waals surface area contributed by atoms with Gasteiger partial charge < -0.3 is 14.7 Å². The van der Waals surface area contributed by atoms with Crippen molar-refractivity contribution in [3.05, 3.63) is 41.4 Å². The smallest absolute Gasteiger partial charge is 0.229 e. The van der Waals surface area contributed by atoms with E-state index in [1.54, 1.807) is 0 Å². The molecule has 0 spiro atoms. The lowest BCUT2D eigenvalue weighted by Gasteiger charge is -2.29. The zero-order chi connectivity index (χ0) is 19.7. The van der Waals surface area contributed by atoms with Gasteiger partial charge in [-0.05, 0) is 51.1 Å². The van der Waals surface area contributed by atoms with E-state index in [1.165, 1.54) is 0 Å². The number of aromatic nitrogens is 4. The number of hydrogen-bond acceptors (Lipinski definition) is 8. The number of furan rings is 1. The molecule has 4 heterocycles. The molecule has 28 heavy (non-hydrogen) atoms. The van der Waals surface area contributed by atoms with Crippen molar-refractivity contribution in [1.82, 2.24) is 25.0 Å². The van der Waals surface area contributed by atoms with E-state index in [-0.39, 0.29) is 5.95 Å². The highest BCUT2D eigenvalue weighted by Crippen LogP contribution is 2.29. The molecule has 1 aliphatic heterocycles. The second-order valence-corrected chi connectivity index (χ2v) is 7.71. The second-order valence-electron chi connectivity index (χ2n) is 7.71. The summed E-state index contributed by atoms with van der Waals surface area (Å²) in [5.41, 5.74) is 7.28. The first-order valence-electron chi connectivity index (χ1n) is 9.74. The molecule has 0 unspecified atom stereocenters. The highest BCUT2D eigenvalue weighted by molar-refractivity contribution is 5.54. The minimum atomic E-state index is 0.261. The van der Waals surface area contributed by atoms with Crippen molar-refractivity contribution in [3.8, 4) is 11.5 Å². The lowest BCUT2D eigenvalue weighted by molar-refractivity contribution is 0.177. The predicted octanol–water partition coefficient (Wildman–Crippen LogP) is 3.51. The first-order valence-corrected chi connectivity index (χ1v) is 9.74. The lowest BCUT2D eigenvalue weighted by Crippen LogP contribution is -2.32. The normalized spacial score (nSPS) is 16.1. The Morgan fingerprint density at radius 2 is 1.96 bits per heavy atom. The molecule has 0 bridgehead atoms. The van der Waals surface area contributed by atoms with E-state index in [1.807, 2.05) is 25.1 Å². The number of rotatable bonds is 5. The van der Waals surface area contributed by atoms with Crippen LogP contribution < -0.4 is 5.73 Å². The number of anilines is 1. The van der Waals surface area contributed by atoms with Crippen molar-refractivity contribution in [2.75, 3.05) is 18.8 Å². The van der Waals surface area contributed by atoms with Crippen LogP contribution in [0.15, 0.2) is 27.1 Å². The van der Waals surface area contributed by atoms with Gasteiger partial charge in [0.15, 0.2) is 11.6 Å². The fraction of sp³-hybridized carbons (Fsp3) is 0.500. The van der Waals surface area contributed by atoms with Gasteiger partial charge >= 0.3 is 0 Å². The Kier molecular flexibility index (Phi) is 5.13. The molecular formula is C20H26N6O2. The van der Waals surface area contributed by atoms with Crippen LogP contribution in [0.5, 0.6) is 0 Å². The van der Waals surface area contributed by atoms with Gasteiger partial charge in [0.2, 0.25) is 11.8 Å². The summed E-state index contributed by atoms with van der Waals surface area (Å²) >= 11 is 0. The maximum Gasteiger partial charge on any atom is 0.229 e. The fourth-order valence-electron chi connectivity index (χ4n) is 3.52. The van der Waals surface area contributed by atoms with Gasteiger partial charge in [0.1, 0.15) is 11.5 Å². The summed E-state index contributed by atoms with van der Waals surface area (Å²) in [7, 11) is 0. The van der Waals surface area contributed by atoms with E-state index in [4.69, 9.17) is 14.7 Å². The van der Waals surface area contributed by atoms with Gasteiger partial charge in [-0.15, -0.1) is 0 Å². The van der Waals surface area contributed by atoms with Crippen LogP contribution in [0.25, 0.3) is 11.5 Å². The molecule has 3 aromatic rings. The van der Waals surface area contributed by atoms with Gasteiger partial charge in [-0.25, -0.2) is 9.97 Å². The molecule has 0 saturated carbocycles. The highest BCUT2D eigenvalue weighted by Gasteiger charge is 2.26. The zero-order valence-corrected chi connectivity index (χ0v) is 16.6. The Morgan fingerprint density at radius 3 is 2.64 bits per heavy atom. The maximum absolute atomic E-state index is 6.00. The quantitative estimate of drug-likeness (QED) is 0.714. The summed E-state index contributed by atoms with van der Waals surface area (Å²) in [6.45, 7) is 8.76. The van der Waals surface area contributed by atoms with Crippen LogP contribution in [0.3, 0.4) is 0 Å². The molecular weight excluding hydrogens is 356 g/mol. The monoisotopic (exact) mass is 382 g/mol. The molecule has 0 radical (unpaired) electrons. The molecule has 3 aromatic heterocycles.